The van der Waals surface area contributed by atoms with Crippen LogP contribution in [0.3, 0.4) is 0 Å². The Morgan fingerprint density at radius 1 is 1.18 bits per heavy atom. The van der Waals surface area contributed by atoms with Crippen LogP contribution in [0.5, 0.6) is 0 Å². The van der Waals surface area contributed by atoms with Crippen LogP contribution in [-0.2, 0) is 0 Å². The van der Waals surface area contributed by atoms with E-state index >= 15 is 0 Å². The van der Waals surface area contributed by atoms with Crippen LogP contribution in [-0.4, -0.2) is 6.98 Å². The summed E-state index contributed by atoms with van der Waals surface area (Å²) < 4.78 is 35.8. The molecule has 0 aromatic carbocycles. The predicted molar refractivity (Wildman–Crippen MR) is 35.1 cm³/mol. The van der Waals surface area contributed by atoms with Gasteiger partial charge in [-0.15, -0.1) is 6.42 Å². The molecule has 0 N–H and O–H groups in total. The van der Waals surface area contributed by atoms with Crippen LogP contribution in [0.4, 0.5) is 12.9 Å². The van der Waals surface area contributed by atoms with Crippen LogP contribution in [0.25, 0.3) is 0 Å². The van der Waals surface area contributed by atoms with Crippen molar-refractivity contribution in [3.05, 3.63) is 12.2 Å². The van der Waals surface area contributed by atoms with Crippen molar-refractivity contribution >= 4 is 6.98 Å². The Hall–Kier alpha value is 1.49. The molecule has 0 aromatic rings. The molecule has 1 saturated carbocycles. The fourth-order valence-electron chi connectivity index (χ4n) is 1.16. The van der Waals surface area contributed by atoms with Crippen molar-refractivity contribution < 1.29 is 64.3 Å². The van der Waals surface area contributed by atoms with Gasteiger partial charge in [0.25, 0.3) is 0 Å². The molecule has 0 atom stereocenters. The topological polar surface area (TPSA) is 0 Å². The minimum atomic E-state index is -4.67. The Kier molecular flexibility index (Phi) is 5.99. The van der Waals surface area contributed by atoms with Crippen molar-refractivity contribution in [2.45, 2.75) is 25.7 Å². The Morgan fingerprint density at radius 3 is 2.09 bits per heavy atom. The minimum Gasteiger partial charge on any atom is -0.450 e. The molecule has 0 bridgehead atoms. The molecule has 59 valence electrons. The molecule has 1 aliphatic carbocycles. The molecular weight excluding hydrogens is 179 g/mol. The van der Waals surface area contributed by atoms with Crippen molar-refractivity contribution in [1.82, 2.24) is 0 Å². The second kappa shape index (κ2) is 5.27. The van der Waals surface area contributed by atoms with E-state index in [0.717, 1.165) is 6.42 Å². The van der Waals surface area contributed by atoms with Gasteiger partial charge in [-0.3, -0.25) is 0 Å². The fourth-order valence-corrected chi connectivity index (χ4v) is 1.16. The van der Waals surface area contributed by atoms with Crippen LogP contribution in [0.1, 0.15) is 25.7 Å². The zero-order valence-corrected chi connectivity index (χ0v) is 9.74. The van der Waals surface area contributed by atoms with Gasteiger partial charge >= 0.3 is 58.4 Å². The Labute approximate surface area is 108 Å². The molecule has 0 unspecified atom stereocenters. The molecule has 11 heavy (non-hydrogen) atoms. The normalized spacial score (nSPS) is 21.0. The zero-order valence-electron chi connectivity index (χ0n) is 6.62. The maximum absolute atomic E-state index is 11.9. The van der Waals surface area contributed by atoms with Crippen LogP contribution in [0.2, 0.25) is 0 Å². The summed E-state index contributed by atoms with van der Waals surface area (Å²) in [4.78, 5) is 0. The molecule has 0 nitrogen and oxygen atoms in total. The standard InChI is InChI=1S/C6H9BF3.K/c8-7(9,10)6-4-2-1-3-5-6;/h4H,1-3,5H2;/q-2;+1. The summed E-state index contributed by atoms with van der Waals surface area (Å²) in [6, 6.07) is 0. The van der Waals surface area contributed by atoms with Crippen LogP contribution < -0.4 is 51.4 Å². The first-order valence-corrected chi connectivity index (χ1v) is 3.49. The summed E-state index contributed by atoms with van der Waals surface area (Å²) in [5.74, 6) is -0.272. The van der Waals surface area contributed by atoms with Crippen molar-refractivity contribution in [1.29, 1.82) is 0 Å². The summed E-state index contributed by atoms with van der Waals surface area (Å²) in [6.07, 6.45) is 3.80. The molecule has 0 amide bonds. The van der Waals surface area contributed by atoms with Gasteiger partial charge < -0.3 is 19.4 Å². The monoisotopic (exact) mass is 188 g/mol. The second-order valence-electron chi connectivity index (χ2n) is 2.60. The van der Waals surface area contributed by atoms with E-state index in [4.69, 9.17) is 0 Å². The van der Waals surface area contributed by atoms with Crippen LogP contribution in [0.15, 0.2) is 0 Å². The summed E-state index contributed by atoms with van der Waals surface area (Å²) in [5, 5.41) is 0. The number of rotatable bonds is 1. The molecule has 1 aliphatic rings. The average molecular weight is 188 g/mol. The van der Waals surface area contributed by atoms with Gasteiger partial charge in [0, 0.05) is 0 Å². The Bertz CT molecular complexity index is 109. The predicted octanol–water partition coefficient (Wildman–Crippen LogP) is -0.270. The van der Waals surface area contributed by atoms with Gasteiger partial charge in [0.1, 0.15) is 0 Å². The van der Waals surface area contributed by atoms with Gasteiger partial charge in [0.15, 0.2) is 0 Å². The summed E-state index contributed by atoms with van der Waals surface area (Å²) in [7, 11) is 0. The van der Waals surface area contributed by atoms with E-state index < -0.39 is 6.98 Å². The van der Waals surface area contributed by atoms with Gasteiger partial charge in [-0.25, -0.2) is 5.82 Å². The Balaban J connectivity index is 0.000001000. The molecule has 0 aliphatic heterocycles. The van der Waals surface area contributed by atoms with Gasteiger partial charge in [0.05, 0.1) is 0 Å². The van der Waals surface area contributed by atoms with E-state index in [1.807, 2.05) is 0 Å². The van der Waals surface area contributed by atoms with Crippen molar-refractivity contribution in [2.24, 2.45) is 0 Å². The van der Waals surface area contributed by atoms with Crippen molar-refractivity contribution in [2.75, 3.05) is 0 Å². The van der Waals surface area contributed by atoms with E-state index in [9.17, 15) is 12.9 Å². The van der Waals surface area contributed by atoms with Gasteiger partial charge in [0.2, 0.25) is 0 Å². The molecular formula is C6H9BF3K-. The molecule has 1 rings (SSSR count). The van der Waals surface area contributed by atoms with E-state index in [-0.39, 0.29) is 63.6 Å². The minimum absolute atomic E-state index is 0. The first-order valence-electron chi connectivity index (χ1n) is 3.49. The average Bonchev–Trinajstić information content (AvgIpc) is 1.88. The molecule has 1 radical (unpaired) electrons. The van der Waals surface area contributed by atoms with Gasteiger partial charge in [-0.05, 0) is 0 Å². The summed E-state index contributed by atoms with van der Waals surface area (Å²) in [6.45, 7) is -4.67. The third-order valence-corrected chi connectivity index (χ3v) is 1.75. The first-order chi connectivity index (χ1) is 4.61. The van der Waals surface area contributed by atoms with Crippen LogP contribution in [0, 0.1) is 12.2 Å². The SMILES string of the molecule is F[B-](F)(F)[C]1[CH-]CCCC1.[K+]. The molecule has 5 heteroatoms. The van der Waals surface area contributed by atoms with Crippen molar-refractivity contribution in [3.63, 3.8) is 0 Å². The largest absolute Gasteiger partial charge is 1.00 e. The summed E-state index contributed by atoms with van der Waals surface area (Å²) >= 11 is 0. The quantitative estimate of drug-likeness (QED) is 0.392. The van der Waals surface area contributed by atoms with Gasteiger partial charge in [-0.2, -0.15) is 6.42 Å². The third-order valence-electron chi connectivity index (χ3n) is 1.75. The van der Waals surface area contributed by atoms with E-state index in [0.29, 0.717) is 12.8 Å². The number of hydrogen-bond acceptors (Lipinski definition) is 0. The number of halogens is 3. The first kappa shape index (κ1) is 12.5. The van der Waals surface area contributed by atoms with Crippen molar-refractivity contribution in [3.8, 4) is 0 Å². The maximum Gasteiger partial charge on any atom is 1.00 e. The fraction of sp³-hybridized carbons (Fsp3) is 0.667. The summed E-state index contributed by atoms with van der Waals surface area (Å²) in [5.41, 5.74) is 0. The molecule has 0 saturated heterocycles. The van der Waals surface area contributed by atoms with Gasteiger partial charge in [-0.1, -0.05) is 12.8 Å². The second-order valence-corrected chi connectivity index (χ2v) is 2.60. The smallest absolute Gasteiger partial charge is 0.450 e. The molecule has 0 heterocycles. The van der Waals surface area contributed by atoms with E-state index in [1.54, 1.807) is 0 Å². The molecule has 0 aromatic heterocycles. The molecule has 1 fully saturated rings. The maximum atomic E-state index is 11.9. The van der Waals surface area contributed by atoms with E-state index in [2.05, 4.69) is 0 Å². The van der Waals surface area contributed by atoms with Crippen LogP contribution >= 0.6 is 0 Å². The zero-order chi connectivity index (χ0) is 7.61. The Morgan fingerprint density at radius 2 is 1.82 bits per heavy atom. The molecule has 0 spiro atoms. The number of hydrogen-bond donors (Lipinski definition) is 0. The third kappa shape index (κ3) is 4.31. The van der Waals surface area contributed by atoms with E-state index in [1.165, 1.54) is 6.42 Å².